The third-order valence-corrected chi connectivity index (χ3v) is 4.11. The lowest BCUT2D eigenvalue weighted by Gasteiger charge is -2.06. The van der Waals surface area contributed by atoms with Gasteiger partial charge in [0.1, 0.15) is 0 Å². The average molecular weight is 420 g/mol. The molecule has 6 nitrogen and oxygen atoms in total. The number of hydrazine groups is 1. The molecular formula is C17H12BrClN4O2. The van der Waals surface area contributed by atoms with Crippen LogP contribution in [0.4, 0.5) is 0 Å². The number of hydrogen-bond acceptors (Lipinski definition) is 3. The van der Waals surface area contributed by atoms with Gasteiger partial charge in [0.15, 0.2) is 0 Å². The second-order valence-electron chi connectivity index (χ2n) is 5.07. The van der Waals surface area contributed by atoms with Crippen LogP contribution in [0.15, 0.2) is 65.4 Å². The van der Waals surface area contributed by atoms with Gasteiger partial charge in [-0.3, -0.25) is 20.4 Å². The summed E-state index contributed by atoms with van der Waals surface area (Å²) in [7, 11) is 0. The van der Waals surface area contributed by atoms with E-state index >= 15 is 0 Å². The van der Waals surface area contributed by atoms with E-state index in [1.807, 2.05) is 24.3 Å². The van der Waals surface area contributed by atoms with Crippen LogP contribution >= 0.6 is 27.5 Å². The quantitative estimate of drug-likeness (QED) is 0.639. The molecule has 0 aliphatic heterocycles. The van der Waals surface area contributed by atoms with Gasteiger partial charge in [-0.15, -0.1) is 0 Å². The zero-order valence-corrected chi connectivity index (χ0v) is 15.1. The van der Waals surface area contributed by atoms with Crippen molar-refractivity contribution in [3.05, 3.63) is 81.5 Å². The fraction of sp³-hybridized carbons (Fsp3) is 0. The number of nitrogens with zero attached hydrogens (tertiary/aromatic N) is 2. The van der Waals surface area contributed by atoms with E-state index in [0.29, 0.717) is 16.1 Å². The Hall–Kier alpha value is -2.64. The molecule has 8 heteroatoms. The largest absolute Gasteiger partial charge is 0.272 e. The minimum Gasteiger partial charge on any atom is -0.267 e. The Morgan fingerprint density at radius 1 is 0.920 bits per heavy atom. The van der Waals surface area contributed by atoms with E-state index in [9.17, 15) is 9.59 Å². The summed E-state index contributed by atoms with van der Waals surface area (Å²) in [5.74, 6) is -0.906. The maximum Gasteiger partial charge on any atom is 0.272 e. The molecule has 0 bridgehead atoms. The van der Waals surface area contributed by atoms with Gasteiger partial charge in [-0.1, -0.05) is 27.5 Å². The van der Waals surface area contributed by atoms with Crippen LogP contribution in [0.2, 0.25) is 5.02 Å². The normalized spacial score (nSPS) is 10.3. The minimum absolute atomic E-state index is 0.319. The lowest BCUT2D eigenvalue weighted by atomic mass is 10.2. The van der Waals surface area contributed by atoms with Crippen molar-refractivity contribution in [2.75, 3.05) is 0 Å². The molecular weight excluding hydrogens is 408 g/mol. The molecule has 0 atom stereocenters. The standard InChI is InChI=1S/C17H12BrClN4O2/c18-13-3-7-15(8-4-13)23-10-12(9-20-23)17(25)22-21-16(24)11-1-5-14(19)6-2-11/h1-10H,(H,21,24)(H,22,25). The summed E-state index contributed by atoms with van der Waals surface area (Å²) in [5, 5.41) is 4.67. The van der Waals surface area contributed by atoms with Gasteiger partial charge in [0.2, 0.25) is 0 Å². The van der Waals surface area contributed by atoms with Crippen LogP contribution in [0, 0.1) is 0 Å². The molecule has 25 heavy (non-hydrogen) atoms. The summed E-state index contributed by atoms with van der Waals surface area (Å²) in [6.45, 7) is 0. The van der Waals surface area contributed by atoms with E-state index in [-0.39, 0.29) is 0 Å². The third kappa shape index (κ3) is 4.26. The first-order chi connectivity index (χ1) is 12.0. The fourth-order valence-corrected chi connectivity index (χ4v) is 2.42. The number of hydrogen-bond donors (Lipinski definition) is 2. The van der Waals surface area contributed by atoms with Crippen molar-refractivity contribution in [3.63, 3.8) is 0 Å². The zero-order chi connectivity index (χ0) is 17.8. The molecule has 2 amide bonds. The Morgan fingerprint density at radius 3 is 2.16 bits per heavy atom. The molecule has 0 fully saturated rings. The highest BCUT2D eigenvalue weighted by molar-refractivity contribution is 9.10. The number of amides is 2. The summed E-state index contributed by atoms with van der Waals surface area (Å²) in [5.41, 5.74) is 6.22. The second-order valence-corrected chi connectivity index (χ2v) is 6.42. The zero-order valence-electron chi connectivity index (χ0n) is 12.7. The Bertz CT molecular complexity index is 907. The summed E-state index contributed by atoms with van der Waals surface area (Å²) in [6.07, 6.45) is 3.00. The minimum atomic E-state index is -0.467. The molecule has 0 saturated carbocycles. The molecule has 0 unspecified atom stereocenters. The molecule has 0 saturated heterocycles. The van der Waals surface area contributed by atoms with Gasteiger partial charge >= 0.3 is 0 Å². The van der Waals surface area contributed by atoms with Gasteiger partial charge in [0.05, 0.1) is 17.4 Å². The smallest absolute Gasteiger partial charge is 0.267 e. The van der Waals surface area contributed by atoms with Gasteiger partial charge < -0.3 is 0 Å². The van der Waals surface area contributed by atoms with Crippen LogP contribution in [0.25, 0.3) is 5.69 Å². The first-order valence-electron chi connectivity index (χ1n) is 7.20. The van der Waals surface area contributed by atoms with Gasteiger partial charge in [0.25, 0.3) is 11.8 Å². The number of rotatable bonds is 3. The van der Waals surface area contributed by atoms with Crippen LogP contribution in [0.1, 0.15) is 20.7 Å². The van der Waals surface area contributed by atoms with E-state index in [0.717, 1.165) is 10.2 Å². The van der Waals surface area contributed by atoms with Crippen LogP contribution in [0.5, 0.6) is 0 Å². The summed E-state index contributed by atoms with van der Waals surface area (Å²) >= 11 is 9.13. The molecule has 0 aliphatic rings. The van der Waals surface area contributed by atoms with E-state index < -0.39 is 11.8 Å². The predicted octanol–water partition coefficient (Wildman–Crippen LogP) is 3.36. The highest BCUT2D eigenvalue weighted by Gasteiger charge is 2.11. The predicted molar refractivity (Wildman–Crippen MR) is 97.6 cm³/mol. The van der Waals surface area contributed by atoms with E-state index in [1.165, 1.54) is 6.20 Å². The SMILES string of the molecule is O=C(NNC(=O)c1cnn(-c2ccc(Br)cc2)c1)c1ccc(Cl)cc1. The second kappa shape index (κ2) is 7.50. The van der Waals surface area contributed by atoms with Crippen LogP contribution < -0.4 is 10.9 Å². The number of nitrogens with one attached hydrogen (secondary N) is 2. The molecule has 0 spiro atoms. The first kappa shape index (κ1) is 17.2. The monoisotopic (exact) mass is 418 g/mol. The van der Waals surface area contributed by atoms with Crippen molar-refractivity contribution < 1.29 is 9.59 Å². The van der Waals surface area contributed by atoms with Crippen molar-refractivity contribution in [3.8, 4) is 5.69 Å². The van der Waals surface area contributed by atoms with Crippen molar-refractivity contribution in [2.45, 2.75) is 0 Å². The number of aromatic nitrogens is 2. The first-order valence-corrected chi connectivity index (χ1v) is 8.37. The van der Waals surface area contributed by atoms with E-state index in [1.54, 1.807) is 35.1 Å². The number of carbonyl (C=O) groups excluding carboxylic acids is 2. The van der Waals surface area contributed by atoms with Crippen LogP contribution in [0.3, 0.4) is 0 Å². The van der Waals surface area contributed by atoms with Crippen molar-refractivity contribution >= 4 is 39.3 Å². The molecule has 1 aromatic heterocycles. The maximum absolute atomic E-state index is 12.1. The Labute approximate surface area is 156 Å². The van der Waals surface area contributed by atoms with Gasteiger partial charge in [-0.2, -0.15) is 5.10 Å². The molecule has 0 radical (unpaired) electrons. The highest BCUT2D eigenvalue weighted by Crippen LogP contribution is 2.14. The summed E-state index contributed by atoms with van der Waals surface area (Å²) in [4.78, 5) is 24.1. The molecule has 126 valence electrons. The molecule has 2 N–H and O–H groups in total. The van der Waals surface area contributed by atoms with Crippen molar-refractivity contribution in [2.24, 2.45) is 0 Å². The van der Waals surface area contributed by atoms with E-state index in [4.69, 9.17) is 11.6 Å². The topological polar surface area (TPSA) is 76.0 Å². The summed E-state index contributed by atoms with van der Waals surface area (Å²) in [6, 6.07) is 13.8. The van der Waals surface area contributed by atoms with E-state index in [2.05, 4.69) is 31.9 Å². The lowest BCUT2D eigenvalue weighted by molar-refractivity contribution is 0.0846. The fourth-order valence-electron chi connectivity index (χ4n) is 2.03. The highest BCUT2D eigenvalue weighted by atomic mass is 79.9. The van der Waals surface area contributed by atoms with Gasteiger partial charge in [-0.25, -0.2) is 4.68 Å². The number of halogens is 2. The number of carbonyl (C=O) groups is 2. The molecule has 0 aliphatic carbocycles. The van der Waals surface area contributed by atoms with Crippen molar-refractivity contribution in [1.82, 2.24) is 20.6 Å². The summed E-state index contributed by atoms with van der Waals surface area (Å²) < 4.78 is 2.52. The maximum atomic E-state index is 12.1. The third-order valence-electron chi connectivity index (χ3n) is 3.33. The molecule has 2 aromatic carbocycles. The molecule has 1 heterocycles. The Morgan fingerprint density at radius 2 is 1.52 bits per heavy atom. The van der Waals surface area contributed by atoms with Crippen molar-refractivity contribution in [1.29, 1.82) is 0 Å². The molecule has 3 aromatic rings. The Kier molecular flexibility index (Phi) is 5.16. The van der Waals surface area contributed by atoms with Gasteiger partial charge in [0, 0.05) is 21.3 Å². The lowest BCUT2D eigenvalue weighted by Crippen LogP contribution is -2.41. The average Bonchev–Trinajstić information content (AvgIpc) is 3.11. The Balaban J connectivity index is 1.63. The van der Waals surface area contributed by atoms with Crippen LogP contribution in [-0.4, -0.2) is 21.6 Å². The van der Waals surface area contributed by atoms with Gasteiger partial charge in [-0.05, 0) is 48.5 Å². The molecule has 3 rings (SSSR count). The number of benzene rings is 2. The van der Waals surface area contributed by atoms with Crippen LogP contribution in [-0.2, 0) is 0 Å².